The van der Waals surface area contributed by atoms with Crippen molar-refractivity contribution in [2.45, 2.75) is 6.92 Å². The maximum absolute atomic E-state index is 11.7. The number of nitro benzene ring substituents is 1. The van der Waals surface area contributed by atoms with Crippen LogP contribution >= 0.6 is 0 Å². The first-order valence-electron chi connectivity index (χ1n) is 9.09. The normalized spacial score (nSPS) is 11.2. The van der Waals surface area contributed by atoms with Gasteiger partial charge in [-0.05, 0) is 55.5 Å². The first-order valence-corrected chi connectivity index (χ1v) is 9.09. The molecule has 0 radical (unpaired) electrons. The van der Waals surface area contributed by atoms with Crippen LogP contribution in [0.2, 0.25) is 0 Å². The summed E-state index contributed by atoms with van der Waals surface area (Å²) in [5, 5.41) is 21.4. The molecule has 0 saturated carbocycles. The van der Waals surface area contributed by atoms with E-state index in [0.29, 0.717) is 33.7 Å². The van der Waals surface area contributed by atoms with Gasteiger partial charge in [-0.15, -0.1) is 0 Å². The molecular formula is C23H16N2O5. The smallest absolute Gasteiger partial charge is 0.336 e. The van der Waals surface area contributed by atoms with Crippen LogP contribution in [0.15, 0.2) is 65.1 Å². The summed E-state index contributed by atoms with van der Waals surface area (Å²) in [5.41, 5.74) is 2.51. The van der Waals surface area contributed by atoms with E-state index in [9.17, 15) is 20.0 Å². The van der Waals surface area contributed by atoms with E-state index in [1.54, 1.807) is 54.6 Å². The summed E-state index contributed by atoms with van der Waals surface area (Å²) in [6.07, 6.45) is 3.29. The Hall–Kier alpha value is -4.26. The van der Waals surface area contributed by atoms with Gasteiger partial charge < -0.3 is 9.52 Å². The number of aromatic nitrogens is 1. The molecule has 0 aliphatic heterocycles. The lowest BCUT2D eigenvalue weighted by atomic mass is 10.1. The minimum Gasteiger partial charge on any atom is -0.478 e. The summed E-state index contributed by atoms with van der Waals surface area (Å²) in [5.74, 6) is -0.194. The van der Waals surface area contributed by atoms with E-state index >= 15 is 0 Å². The van der Waals surface area contributed by atoms with Crippen molar-refractivity contribution in [3.05, 3.63) is 93.4 Å². The zero-order valence-corrected chi connectivity index (χ0v) is 15.9. The Bertz CT molecular complexity index is 1320. The van der Waals surface area contributed by atoms with Gasteiger partial charge in [0.1, 0.15) is 11.5 Å². The minimum absolute atomic E-state index is 0.0417. The van der Waals surface area contributed by atoms with Gasteiger partial charge in [-0.1, -0.05) is 23.8 Å². The SMILES string of the molecule is Cc1ccc2nc(C=Cc3ccc(-c4ccccc4[N+](=O)[O-])o3)cc(C(=O)O)c2c1. The zero-order chi connectivity index (χ0) is 21.3. The second-order valence-electron chi connectivity index (χ2n) is 6.73. The number of aromatic carboxylic acids is 1. The Morgan fingerprint density at radius 2 is 1.90 bits per heavy atom. The summed E-state index contributed by atoms with van der Waals surface area (Å²) < 4.78 is 5.73. The highest BCUT2D eigenvalue weighted by atomic mass is 16.6. The van der Waals surface area contributed by atoms with Crippen LogP contribution in [0.4, 0.5) is 5.69 Å². The second kappa shape index (κ2) is 7.63. The summed E-state index contributed by atoms with van der Waals surface area (Å²) >= 11 is 0. The van der Waals surface area contributed by atoms with E-state index in [4.69, 9.17) is 4.42 Å². The van der Waals surface area contributed by atoms with Crippen LogP contribution < -0.4 is 0 Å². The number of hydrogen-bond acceptors (Lipinski definition) is 5. The Labute approximate surface area is 171 Å². The van der Waals surface area contributed by atoms with Crippen molar-refractivity contribution in [2.24, 2.45) is 0 Å². The molecule has 2 heterocycles. The van der Waals surface area contributed by atoms with Gasteiger partial charge in [0.2, 0.25) is 0 Å². The van der Waals surface area contributed by atoms with E-state index in [1.807, 2.05) is 13.0 Å². The lowest BCUT2D eigenvalue weighted by Crippen LogP contribution is -2.00. The number of rotatable bonds is 5. The quantitative estimate of drug-likeness (QED) is 0.346. The van der Waals surface area contributed by atoms with Crippen molar-refractivity contribution in [2.75, 3.05) is 0 Å². The van der Waals surface area contributed by atoms with Crippen LogP contribution in [0.5, 0.6) is 0 Å². The molecule has 4 aromatic rings. The number of nitrogens with zero attached hydrogens (tertiary/aromatic N) is 2. The fraction of sp³-hybridized carbons (Fsp3) is 0.0435. The van der Waals surface area contributed by atoms with Crippen molar-refractivity contribution in [1.29, 1.82) is 0 Å². The van der Waals surface area contributed by atoms with Crippen molar-refractivity contribution in [1.82, 2.24) is 4.98 Å². The van der Waals surface area contributed by atoms with Gasteiger partial charge in [-0.2, -0.15) is 0 Å². The summed E-state index contributed by atoms with van der Waals surface area (Å²) in [6.45, 7) is 1.89. The number of carboxylic acids is 1. The Morgan fingerprint density at radius 1 is 1.10 bits per heavy atom. The van der Waals surface area contributed by atoms with Crippen molar-refractivity contribution >= 4 is 34.7 Å². The van der Waals surface area contributed by atoms with E-state index in [-0.39, 0.29) is 11.3 Å². The molecule has 30 heavy (non-hydrogen) atoms. The summed E-state index contributed by atoms with van der Waals surface area (Å²) in [6, 6.07) is 16.6. The van der Waals surface area contributed by atoms with Crippen LogP contribution in [-0.4, -0.2) is 21.0 Å². The predicted molar refractivity (Wildman–Crippen MR) is 113 cm³/mol. The molecule has 0 bridgehead atoms. The van der Waals surface area contributed by atoms with Gasteiger partial charge in [-0.25, -0.2) is 9.78 Å². The van der Waals surface area contributed by atoms with Gasteiger partial charge in [0.05, 0.1) is 27.3 Å². The van der Waals surface area contributed by atoms with E-state index in [1.165, 1.54) is 12.1 Å². The number of nitro groups is 1. The largest absolute Gasteiger partial charge is 0.478 e. The molecule has 2 aromatic carbocycles. The molecule has 4 rings (SSSR count). The highest BCUT2D eigenvalue weighted by Gasteiger charge is 2.17. The fourth-order valence-electron chi connectivity index (χ4n) is 3.22. The molecule has 0 spiro atoms. The van der Waals surface area contributed by atoms with Crippen LogP contribution in [-0.2, 0) is 0 Å². The third-order valence-corrected chi connectivity index (χ3v) is 4.63. The molecule has 0 fully saturated rings. The molecule has 0 amide bonds. The number of pyridine rings is 1. The number of furan rings is 1. The molecule has 148 valence electrons. The highest BCUT2D eigenvalue weighted by molar-refractivity contribution is 6.03. The topological polar surface area (TPSA) is 106 Å². The molecule has 0 aliphatic rings. The van der Waals surface area contributed by atoms with Gasteiger partial charge in [0.25, 0.3) is 5.69 Å². The van der Waals surface area contributed by atoms with E-state index in [0.717, 1.165) is 5.56 Å². The molecule has 0 atom stereocenters. The lowest BCUT2D eigenvalue weighted by Gasteiger charge is -2.05. The van der Waals surface area contributed by atoms with Crippen molar-refractivity contribution in [3.8, 4) is 11.3 Å². The Morgan fingerprint density at radius 3 is 2.67 bits per heavy atom. The number of fused-ring (bicyclic) bond motifs is 1. The molecule has 0 aliphatic carbocycles. The predicted octanol–water partition coefficient (Wildman–Crippen LogP) is 5.58. The molecule has 0 unspecified atom stereocenters. The third kappa shape index (κ3) is 3.68. The number of benzene rings is 2. The molecule has 1 N–H and O–H groups in total. The summed E-state index contributed by atoms with van der Waals surface area (Å²) in [7, 11) is 0. The van der Waals surface area contributed by atoms with Gasteiger partial charge >= 0.3 is 5.97 Å². The fourth-order valence-corrected chi connectivity index (χ4v) is 3.22. The Balaban J connectivity index is 1.69. The van der Waals surface area contributed by atoms with Crippen molar-refractivity contribution in [3.63, 3.8) is 0 Å². The molecule has 7 heteroatoms. The van der Waals surface area contributed by atoms with Crippen LogP contribution in [0.3, 0.4) is 0 Å². The number of aryl methyl sites for hydroxylation is 1. The monoisotopic (exact) mass is 400 g/mol. The second-order valence-corrected chi connectivity index (χ2v) is 6.73. The van der Waals surface area contributed by atoms with Crippen molar-refractivity contribution < 1.29 is 19.2 Å². The first-order chi connectivity index (χ1) is 14.4. The van der Waals surface area contributed by atoms with Gasteiger partial charge in [-0.3, -0.25) is 10.1 Å². The molecule has 7 nitrogen and oxygen atoms in total. The molecule has 0 saturated heterocycles. The zero-order valence-electron chi connectivity index (χ0n) is 15.9. The van der Waals surface area contributed by atoms with E-state index < -0.39 is 10.9 Å². The average Bonchev–Trinajstić information content (AvgIpc) is 3.20. The minimum atomic E-state index is -1.03. The van der Waals surface area contributed by atoms with Crippen LogP contribution in [0, 0.1) is 17.0 Å². The van der Waals surface area contributed by atoms with Crippen LogP contribution in [0.1, 0.15) is 27.4 Å². The Kier molecular flexibility index (Phi) is 4.85. The number of hydrogen-bond donors (Lipinski definition) is 1. The molecule has 2 aromatic heterocycles. The summed E-state index contributed by atoms with van der Waals surface area (Å²) in [4.78, 5) is 26.9. The van der Waals surface area contributed by atoms with Crippen LogP contribution in [0.25, 0.3) is 34.4 Å². The standard InChI is InChI=1S/C23H16N2O5/c1-14-6-10-20-18(12-14)19(23(26)27)13-15(24-20)7-8-16-9-11-22(30-16)17-4-2-3-5-21(17)25(28)29/h2-13H,1H3,(H,26,27). The maximum Gasteiger partial charge on any atom is 0.336 e. The van der Waals surface area contributed by atoms with Gasteiger partial charge in [0, 0.05) is 11.5 Å². The highest BCUT2D eigenvalue weighted by Crippen LogP contribution is 2.31. The number of carbonyl (C=O) groups is 1. The number of carboxylic acid groups (broad SMARTS) is 1. The average molecular weight is 400 g/mol. The molecular weight excluding hydrogens is 384 g/mol. The third-order valence-electron chi connectivity index (χ3n) is 4.63. The lowest BCUT2D eigenvalue weighted by molar-refractivity contribution is -0.384. The number of para-hydroxylation sites is 1. The van der Waals surface area contributed by atoms with Gasteiger partial charge in [0.15, 0.2) is 0 Å². The maximum atomic E-state index is 11.7. The van der Waals surface area contributed by atoms with E-state index in [2.05, 4.69) is 4.98 Å². The first kappa shape index (κ1) is 19.1.